The minimum atomic E-state index is -3.17. The highest BCUT2D eigenvalue weighted by atomic mass is 32.2. The van der Waals surface area contributed by atoms with Crippen LogP contribution in [0.25, 0.3) is 21.6 Å². The first kappa shape index (κ1) is 21.7. The van der Waals surface area contributed by atoms with Crippen LogP contribution in [0.2, 0.25) is 0 Å². The number of nitrogens with one attached hydrogen (secondary N) is 1. The summed E-state index contributed by atoms with van der Waals surface area (Å²) >= 11 is 1.44. The molecule has 1 fully saturated rings. The van der Waals surface area contributed by atoms with E-state index in [0.717, 1.165) is 17.0 Å². The van der Waals surface area contributed by atoms with Gasteiger partial charge in [-0.2, -0.15) is 5.10 Å². The monoisotopic (exact) mass is 488 g/mol. The second kappa shape index (κ2) is 7.99. The van der Waals surface area contributed by atoms with Crippen molar-refractivity contribution in [1.82, 2.24) is 14.8 Å². The van der Waals surface area contributed by atoms with Crippen LogP contribution < -0.4 is 5.32 Å². The average Bonchev–Trinajstić information content (AvgIpc) is 3.49. The Morgan fingerprint density at radius 3 is 2.73 bits per heavy atom. The Labute approximate surface area is 192 Å². The maximum atomic E-state index is 14.2. The summed E-state index contributed by atoms with van der Waals surface area (Å²) in [6.45, 7) is 1.71. The molecule has 1 saturated heterocycles. The number of hydrogen-bond acceptors (Lipinski definition) is 6. The van der Waals surface area contributed by atoms with E-state index in [9.17, 15) is 22.0 Å². The van der Waals surface area contributed by atoms with Gasteiger partial charge in [0.15, 0.2) is 15.5 Å². The molecule has 170 valence electrons. The fraction of sp³-hybridized carbons (Fsp3) is 0.227. The summed E-state index contributed by atoms with van der Waals surface area (Å²) in [4.78, 5) is 18.8. The lowest BCUT2D eigenvalue weighted by molar-refractivity contribution is 0.102. The van der Waals surface area contributed by atoms with Crippen molar-refractivity contribution in [3.8, 4) is 10.6 Å². The van der Waals surface area contributed by atoms with Gasteiger partial charge in [-0.15, -0.1) is 11.3 Å². The second-order valence-electron chi connectivity index (χ2n) is 7.90. The first-order chi connectivity index (χ1) is 15.7. The van der Waals surface area contributed by atoms with Crippen molar-refractivity contribution in [3.63, 3.8) is 0 Å². The van der Waals surface area contributed by atoms with Crippen molar-refractivity contribution in [3.05, 3.63) is 64.7 Å². The number of amides is 1. The number of aromatic nitrogens is 3. The van der Waals surface area contributed by atoms with Crippen molar-refractivity contribution < 1.29 is 22.0 Å². The Morgan fingerprint density at radius 2 is 2.06 bits per heavy atom. The molecular formula is C22H18F2N4O3S2. The molecule has 7 nitrogen and oxygen atoms in total. The lowest BCUT2D eigenvalue weighted by Crippen LogP contribution is -2.15. The molecule has 33 heavy (non-hydrogen) atoms. The number of halogens is 2. The van der Waals surface area contributed by atoms with E-state index in [1.54, 1.807) is 17.7 Å². The molecular weight excluding hydrogens is 470 g/mol. The summed E-state index contributed by atoms with van der Waals surface area (Å²) < 4.78 is 53.1. The average molecular weight is 489 g/mol. The quantitative estimate of drug-likeness (QED) is 0.461. The highest BCUT2D eigenvalue weighted by Gasteiger charge is 2.32. The summed E-state index contributed by atoms with van der Waals surface area (Å²) in [6.07, 6.45) is 0.409. The van der Waals surface area contributed by atoms with E-state index in [1.807, 2.05) is 17.5 Å². The number of carbonyl (C=O) groups is 1. The lowest BCUT2D eigenvalue weighted by Gasteiger charge is -2.12. The minimum Gasteiger partial charge on any atom is -0.319 e. The third-order valence-corrected chi connectivity index (χ3v) is 8.23. The van der Waals surface area contributed by atoms with Gasteiger partial charge in [0.25, 0.3) is 5.91 Å². The van der Waals surface area contributed by atoms with Gasteiger partial charge in [0, 0.05) is 6.07 Å². The van der Waals surface area contributed by atoms with Crippen LogP contribution in [0.15, 0.2) is 41.8 Å². The molecule has 0 saturated carbocycles. The number of sulfone groups is 1. The number of carbonyl (C=O) groups excluding carboxylic acids is 1. The molecule has 0 radical (unpaired) electrons. The van der Waals surface area contributed by atoms with Gasteiger partial charge in [0.05, 0.1) is 50.4 Å². The van der Waals surface area contributed by atoms with Gasteiger partial charge < -0.3 is 5.32 Å². The van der Waals surface area contributed by atoms with Crippen LogP contribution in [0.3, 0.4) is 0 Å². The summed E-state index contributed by atoms with van der Waals surface area (Å²) in [5.41, 5.74) is 1.48. The molecule has 0 aliphatic carbocycles. The zero-order valence-electron chi connectivity index (χ0n) is 17.4. The first-order valence-electron chi connectivity index (χ1n) is 10.1. The summed E-state index contributed by atoms with van der Waals surface area (Å²) in [5, 5.41) is 9.36. The Morgan fingerprint density at radius 1 is 1.24 bits per heavy atom. The topological polar surface area (TPSA) is 93.9 Å². The van der Waals surface area contributed by atoms with E-state index >= 15 is 0 Å². The Hall–Kier alpha value is -3.18. The smallest absolute Gasteiger partial charge is 0.256 e. The molecule has 4 heterocycles. The van der Waals surface area contributed by atoms with E-state index in [2.05, 4.69) is 10.4 Å². The zero-order chi connectivity index (χ0) is 23.3. The van der Waals surface area contributed by atoms with Crippen LogP contribution >= 0.6 is 11.3 Å². The van der Waals surface area contributed by atoms with Crippen LogP contribution in [0, 0.1) is 18.6 Å². The molecule has 1 aromatic carbocycles. The lowest BCUT2D eigenvalue weighted by atomic mass is 10.1. The number of benzene rings is 1. The van der Waals surface area contributed by atoms with Crippen molar-refractivity contribution in [1.29, 1.82) is 0 Å². The third kappa shape index (κ3) is 4.02. The highest BCUT2D eigenvalue weighted by molar-refractivity contribution is 7.91. The molecule has 0 unspecified atom stereocenters. The van der Waals surface area contributed by atoms with Crippen molar-refractivity contribution in [2.45, 2.75) is 19.4 Å². The van der Waals surface area contributed by atoms with Gasteiger partial charge in [0.2, 0.25) is 0 Å². The maximum Gasteiger partial charge on any atom is 0.256 e. The van der Waals surface area contributed by atoms with Crippen molar-refractivity contribution in [2.75, 3.05) is 16.8 Å². The number of hydrogen-bond donors (Lipinski definition) is 1. The van der Waals surface area contributed by atoms with Gasteiger partial charge >= 0.3 is 0 Å². The molecule has 0 bridgehead atoms. The van der Waals surface area contributed by atoms with E-state index in [4.69, 9.17) is 4.98 Å². The number of rotatable bonds is 4. The molecule has 5 rings (SSSR count). The summed E-state index contributed by atoms with van der Waals surface area (Å²) in [7, 11) is -3.17. The van der Waals surface area contributed by atoms with Gasteiger partial charge in [-0.05, 0) is 43.0 Å². The van der Waals surface area contributed by atoms with Gasteiger partial charge in [-0.1, -0.05) is 6.07 Å². The Kier molecular flexibility index (Phi) is 5.25. The van der Waals surface area contributed by atoms with Crippen LogP contribution in [-0.2, 0) is 9.84 Å². The molecule has 3 aromatic heterocycles. The Bertz CT molecular complexity index is 1500. The number of nitrogens with zero attached hydrogens (tertiary/aromatic N) is 3. The van der Waals surface area contributed by atoms with Gasteiger partial charge in [-0.3, -0.25) is 4.79 Å². The molecule has 0 spiro atoms. The van der Waals surface area contributed by atoms with Gasteiger partial charge in [-0.25, -0.2) is 26.9 Å². The minimum absolute atomic E-state index is 0.0452. The van der Waals surface area contributed by atoms with Crippen LogP contribution in [-0.4, -0.2) is 40.6 Å². The van der Waals surface area contributed by atoms with E-state index < -0.39 is 27.4 Å². The predicted octanol–water partition coefficient (Wildman–Crippen LogP) is 4.36. The third-order valence-electron chi connectivity index (χ3n) is 5.59. The van der Waals surface area contributed by atoms with E-state index in [0.29, 0.717) is 34.9 Å². The molecule has 1 N–H and O–H groups in total. The predicted molar refractivity (Wildman–Crippen MR) is 122 cm³/mol. The molecule has 4 aromatic rings. The molecule has 11 heteroatoms. The molecule has 1 atom stereocenters. The van der Waals surface area contributed by atoms with Gasteiger partial charge in [0.1, 0.15) is 11.6 Å². The van der Waals surface area contributed by atoms with E-state index in [-0.39, 0.29) is 28.8 Å². The molecule has 1 amide bonds. The molecule has 1 aliphatic rings. The normalized spacial score (nSPS) is 17.5. The van der Waals surface area contributed by atoms with Crippen LogP contribution in [0.5, 0.6) is 0 Å². The largest absolute Gasteiger partial charge is 0.319 e. The zero-order valence-corrected chi connectivity index (χ0v) is 19.0. The SMILES string of the molecule is Cc1nn([C@H]2CCS(=O)(=O)C2)c2nc(-c3cccs3)cc(C(=O)Nc3ccc(F)cc3F)c12. The number of aryl methyl sites for hydroxylation is 1. The fourth-order valence-corrected chi connectivity index (χ4v) is 6.42. The number of thiophene rings is 1. The van der Waals surface area contributed by atoms with Crippen LogP contribution in [0.4, 0.5) is 14.5 Å². The van der Waals surface area contributed by atoms with Crippen LogP contribution in [0.1, 0.15) is 28.5 Å². The summed E-state index contributed by atoms with van der Waals surface area (Å²) in [5.74, 6) is -2.22. The molecule has 1 aliphatic heterocycles. The second-order valence-corrected chi connectivity index (χ2v) is 11.1. The standard InChI is InChI=1S/C22H18F2N4O3S2/c1-12-20-15(22(29)26-17-5-4-13(23)9-16(17)24)10-18(19-3-2-7-32-19)25-21(20)28(27-12)14-6-8-33(30,31)11-14/h2-5,7,9-10,14H,6,8,11H2,1H3,(H,26,29)/t14-/m0/s1. The highest BCUT2D eigenvalue weighted by Crippen LogP contribution is 2.33. The number of anilines is 1. The first-order valence-corrected chi connectivity index (χ1v) is 12.8. The number of fused-ring (bicyclic) bond motifs is 1. The van der Waals surface area contributed by atoms with E-state index in [1.165, 1.54) is 11.3 Å². The fourth-order valence-electron chi connectivity index (χ4n) is 4.05. The van der Waals surface area contributed by atoms with Crippen molar-refractivity contribution in [2.24, 2.45) is 0 Å². The Balaban J connectivity index is 1.66. The maximum absolute atomic E-state index is 14.2. The summed E-state index contributed by atoms with van der Waals surface area (Å²) in [6, 6.07) is 7.83. The number of pyridine rings is 1. The van der Waals surface area contributed by atoms with Crippen molar-refractivity contribution >= 4 is 43.8 Å².